The number of rotatable bonds is 1. The third kappa shape index (κ3) is 2.14. The maximum Gasteiger partial charge on any atom is 0.249 e. The second-order valence-corrected chi connectivity index (χ2v) is 3.30. The van der Waals surface area contributed by atoms with Gasteiger partial charge in [0.15, 0.2) is 5.78 Å². The lowest BCUT2D eigenvalue weighted by Gasteiger charge is -1.93. The molecule has 1 aromatic heterocycles. The number of carbonyl (C=O) groups excluding carboxylic acids is 1. The number of aromatic amines is 1. The van der Waals surface area contributed by atoms with E-state index < -0.39 is 0 Å². The molecule has 11 heavy (non-hydrogen) atoms. The summed E-state index contributed by atoms with van der Waals surface area (Å²) in [5.41, 5.74) is 0.222. The molecule has 0 aromatic carbocycles. The average Bonchev–Trinajstić information content (AvgIpc) is 1.85. The summed E-state index contributed by atoms with van der Waals surface area (Å²) in [6, 6.07) is 2.94. The van der Waals surface area contributed by atoms with Crippen LogP contribution in [0.4, 0.5) is 0 Å². The standard InChI is InChI=1S/C7H6INO2/c1-4(10)5-2-6(8)9-7(11)3-5/h2-3H,1H3,(H,9,11). The van der Waals surface area contributed by atoms with Crippen LogP contribution in [0.1, 0.15) is 17.3 Å². The van der Waals surface area contributed by atoms with Crippen molar-refractivity contribution in [1.29, 1.82) is 0 Å². The number of pyridine rings is 1. The third-order valence-electron chi connectivity index (χ3n) is 1.22. The van der Waals surface area contributed by atoms with Crippen molar-refractivity contribution in [3.63, 3.8) is 0 Å². The number of halogens is 1. The fourth-order valence-electron chi connectivity index (χ4n) is 0.713. The highest BCUT2D eigenvalue weighted by molar-refractivity contribution is 14.1. The van der Waals surface area contributed by atoms with Gasteiger partial charge in [-0.15, -0.1) is 0 Å². The van der Waals surface area contributed by atoms with Crippen molar-refractivity contribution in [2.45, 2.75) is 6.92 Å². The number of nitrogens with one attached hydrogen (secondary N) is 1. The van der Waals surface area contributed by atoms with Crippen molar-refractivity contribution in [1.82, 2.24) is 4.98 Å². The largest absolute Gasteiger partial charge is 0.317 e. The monoisotopic (exact) mass is 263 g/mol. The van der Waals surface area contributed by atoms with E-state index in [0.717, 1.165) is 0 Å². The molecule has 0 saturated carbocycles. The van der Waals surface area contributed by atoms with Crippen molar-refractivity contribution >= 4 is 28.4 Å². The third-order valence-corrected chi connectivity index (χ3v) is 1.80. The highest BCUT2D eigenvalue weighted by atomic mass is 127. The molecule has 1 aromatic rings. The predicted molar refractivity (Wildman–Crippen MR) is 49.8 cm³/mol. The fraction of sp³-hybridized carbons (Fsp3) is 0.143. The van der Waals surface area contributed by atoms with Crippen molar-refractivity contribution in [2.24, 2.45) is 0 Å². The Hall–Kier alpha value is -0.650. The van der Waals surface area contributed by atoms with E-state index in [-0.39, 0.29) is 11.3 Å². The maximum atomic E-state index is 10.8. The van der Waals surface area contributed by atoms with E-state index in [1.807, 2.05) is 22.6 Å². The zero-order valence-electron chi connectivity index (χ0n) is 5.85. The minimum absolute atomic E-state index is 0.0889. The van der Waals surface area contributed by atoms with E-state index in [2.05, 4.69) is 4.98 Å². The molecule has 0 aliphatic heterocycles. The van der Waals surface area contributed by atoms with Crippen LogP contribution < -0.4 is 5.56 Å². The van der Waals surface area contributed by atoms with E-state index >= 15 is 0 Å². The predicted octanol–water partition coefficient (Wildman–Crippen LogP) is 1.18. The van der Waals surface area contributed by atoms with E-state index in [1.54, 1.807) is 6.07 Å². The first-order valence-corrected chi connectivity index (χ1v) is 4.08. The first-order valence-electron chi connectivity index (χ1n) is 3.00. The number of aromatic nitrogens is 1. The summed E-state index contributed by atoms with van der Waals surface area (Å²) in [7, 11) is 0. The Kier molecular flexibility index (Phi) is 2.43. The number of Topliss-reactive ketones (excluding diaryl/α,β-unsaturated/α-hetero) is 1. The smallest absolute Gasteiger partial charge is 0.249 e. The zero-order valence-corrected chi connectivity index (χ0v) is 8.01. The molecular formula is C7H6INO2. The number of ketones is 1. The van der Waals surface area contributed by atoms with Crippen LogP contribution in [0.15, 0.2) is 16.9 Å². The fourth-order valence-corrected chi connectivity index (χ4v) is 1.31. The lowest BCUT2D eigenvalue weighted by atomic mass is 10.2. The van der Waals surface area contributed by atoms with Crippen LogP contribution >= 0.6 is 22.6 Å². The quantitative estimate of drug-likeness (QED) is 0.470. The van der Waals surface area contributed by atoms with Crippen molar-refractivity contribution in [3.05, 3.63) is 31.8 Å². The normalized spacial score (nSPS) is 9.64. The van der Waals surface area contributed by atoms with Crippen molar-refractivity contribution < 1.29 is 4.79 Å². The van der Waals surface area contributed by atoms with Crippen LogP contribution in [0.5, 0.6) is 0 Å². The van der Waals surface area contributed by atoms with Crippen LogP contribution in [-0.2, 0) is 0 Å². The van der Waals surface area contributed by atoms with Crippen LogP contribution in [0, 0.1) is 3.70 Å². The zero-order chi connectivity index (χ0) is 8.43. The molecule has 0 aliphatic rings. The molecule has 1 rings (SSSR count). The molecule has 0 saturated heterocycles. The summed E-state index contributed by atoms with van der Waals surface area (Å²) in [5.74, 6) is -0.0889. The molecule has 0 atom stereocenters. The molecule has 3 nitrogen and oxygen atoms in total. The number of hydrogen-bond donors (Lipinski definition) is 1. The number of hydrogen-bond acceptors (Lipinski definition) is 2. The Morgan fingerprint density at radius 1 is 1.55 bits per heavy atom. The molecule has 0 radical (unpaired) electrons. The average molecular weight is 263 g/mol. The number of H-pyrrole nitrogens is 1. The first-order chi connectivity index (χ1) is 5.09. The Morgan fingerprint density at radius 2 is 2.18 bits per heavy atom. The summed E-state index contributed by atoms with van der Waals surface area (Å²) >= 11 is 1.96. The van der Waals surface area contributed by atoms with E-state index in [4.69, 9.17) is 0 Å². The summed E-state index contributed by atoms with van der Waals surface area (Å²) in [4.78, 5) is 24.1. The van der Waals surface area contributed by atoms with E-state index in [9.17, 15) is 9.59 Å². The SMILES string of the molecule is CC(=O)c1cc(I)[nH]c(=O)c1. The van der Waals surface area contributed by atoms with Gasteiger partial charge in [0.2, 0.25) is 5.56 Å². The van der Waals surface area contributed by atoms with Crippen LogP contribution in [0.25, 0.3) is 0 Å². The molecule has 0 aliphatic carbocycles. The van der Waals surface area contributed by atoms with Gasteiger partial charge in [0.1, 0.15) is 0 Å². The topological polar surface area (TPSA) is 49.9 Å². The van der Waals surface area contributed by atoms with E-state index in [0.29, 0.717) is 9.26 Å². The molecule has 0 unspecified atom stereocenters. The summed E-state index contributed by atoms with van der Waals surface area (Å²) in [6.45, 7) is 1.44. The summed E-state index contributed by atoms with van der Waals surface area (Å²) in [6.07, 6.45) is 0. The van der Waals surface area contributed by atoms with Crippen molar-refractivity contribution in [2.75, 3.05) is 0 Å². The van der Waals surface area contributed by atoms with Crippen LogP contribution in [0.3, 0.4) is 0 Å². The summed E-state index contributed by atoms with van der Waals surface area (Å²) in [5, 5.41) is 0. The van der Waals surface area contributed by atoms with Gasteiger partial charge in [-0.3, -0.25) is 9.59 Å². The molecule has 4 heteroatoms. The molecule has 0 amide bonds. The molecule has 0 bridgehead atoms. The van der Waals surface area contributed by atoms with Gasteiger partial charge in [-0.1, -0.05) is 0 Å². The Morgan fingerprint density at radius 3 is 2.64 bits per heavy atom. The Balaban J connectivity index is 3.30. The van der Waals surface area contributed by atoms with Crippen LogP contribution in [0.2, 0.25) is 0 Å². The minimum Gasteiger partial charge on any atom is -0.317 e. The summed E-state index contributed by atoms with van der Waals surface area (Å²) < 4.78 is 0.681. The van der Waals surface area contributed by atoms with Gasteiger partial charge in [0.05, 0.1) is 3.70 Å². The Labute approximate surface area is 77.0 Å². The second-order valence-electron chi connectivity index (χ2n) is 2.14. The molecule has 58 valence electrons. The molecule has 1 heterocycles. The van der Waals surface area contributed by atoms with Gasteiger partial charge in [-0.25, -0.2) is 0 Å². The first kappa shape index (κ1) is 8.45. The van der Waals surface area contributed by atoms with Gasteiger partial charge < -0.3 is 4.98 Å². The van der Waals surface area contributed by atoms with Gasteiger partial charge in [-0.2, -0.15) is 0 Å². The minimum atomic E-state index is -0.234. The van der Waals surface area contributed by atoms with E-state index in [1.165, 1.54) is 13.0 Å². The lowest BCUT2D eigenvalue weighted by Crippen LogP contribution is -2.09. The van der Waals surface area contributed by atoms with Crippen molar-refractivity contribution in [3.8, 4) is 0 Å². The lowest BCUT2D eigenvalue weighted by molar-refractivity contribution is 0.101. The van der Waals surface area contributed by atoms with Gasteiger partial charge >= 0.3 is 0 Å². The highest BCUT2D eigenvalue weighted by Crippen LogP contribution is 2.01. The molecule has 0 fully saturated rings. The molecule has 1 N–H and O–H groups in total. The van der Waals surface area contributed by atoms with Crippen LogP contribution in [-0.4, -0.2) is 10.8 Å². The Bertz CT molecular complexity index is 343. The second kappa shape index (κ2) is 3.17. The van der Waals surface area contributed by atoms with Gasteiger partial charge in [0.25, 0.3) is 0 Å². The maximum absolute atomic E-state index is 10.8. The molecular weight excluding hydrogens is 257 g/mol. The highest BCUT2D eigenvalue weighted by Gasteiger charge is 2.00. The molecule has 0 spiro atoms. The van der Waals surface area contributed by atoms with Gasteiger partial charge in [-0.05, 0) is 35.6 Å². The number of carbonyl (C=O) groups is 1. The van der Waals surface area contributed by atoms with Gasteiger partial charge in [0, 0.05) is 11.6 Å².